The molecule has 0 spiro atoms. The molecule has 0 atom stereocenters. The Morgan fingerprint density at radius 2 is 2.26 bits per heavy atom. The summed E-state index contributed by atoms with van der Waals surface area (Å²) in [6.45, 7) is 3.08. The Hall–Kier alpha value is -2.15. The molecule has 3 aromatic heterocycles. The van der Waals surface area contributed by atoms with Crippen molar-refractivity contribution in [2.45, 2.75) is 20.0 Å². The van der Waals surface area contributed by atoms with Crippen LogP contribution in [0.5, 0.6) is 0 Å². The maximum absolute atomic E-state index is 12.2. The number of aromatic nitrogens is 4. The second-order valence-electron chi connectivity index (χ2n) is 4.34. The number of aryl methyl sites for hydroxylation is 3. The van der Waals surface area contributed by atoms with Gasteiger partial charge in [-0.1, -0.05) is 0 Å². The van der Waals surface area contributed by atoms with E-state index < -0.39 is 0 Å². The second-order valence-corrected chi connectivity index (χ2v) is 5.22. The number of hydrogen-bond acceptors (Lipinski definition) is 5. The van der Waals surface area contributed by atoms with E-state index in [1.807, 2.05) is 12.3 Å². The van der Waals surface area contributed by atoms with Gasteiger partial charge in [-0.05, 0) is 23.9 Å². The molecule has 0 saturated carbocycles. The molecule has 0 unspecified atom stereocenters. The van der Waals surface area contributed by atoms with Crippen LogP contribution in [-0.2, 0) is 13.1 Å². The minimum Gasteiger partial charge on any atom is -0.382 e. The lowest BCUT2D eigenvalue weighted by molar-refractivity contribution is 0.523. The third-order valence-corrected chi connectivity index (χ3v) is 4.03. The average molecular weight is 275 g/mol. The molecule has 0 aliphatic rings. The summed E-state index contributed by atoms with van der Waals surface area (Å²) in [6, 6.07) is 1.73. The van der Waals surface area contributed by atoms with Crippen molar-refractivity contribution in [1.82, 2.24) is 19.3 Å². The zero-order chi connectivity index (χ0) is 13.4. The van der Waals surface area contributed by atoms with Gasteiger partial charge in [0.05, 0.1) is 18.4 Å². The predicted octanol–water partition coefficient (Wildman–Crippen LogP) is 1.25. The van der Waals surface area contributed by atoms with Gasteiger partial charge >= 0.3 is 0 Å². The first-order chi connectivity index (χ1) is 9.15. The molecule has 0 saturated heterocycles. The monoisotopic (exact) mass is 275 g/mol. The van der Waals surface area contributed by atoms with Gasteiger partial charge in [0.2, 0.25) is 0 Å². The number of thiophene rings is 1. The number of fused-ring (bicyclic) bond motifs is 1. The molecular formula is C12H13N5OS. The van der Waals surface area contributed by atoms with Crippen molar-refractivity contribution >= 4 is 27.4 Å². The van der Waals surface area contributed by atoms with Crippen LogP contribution in [-0.4, -0.2) is 19.3 Å². The van der Waals surface area contributed by atoms with E-state index in [4.69, 9.17) is 5.73 Å². The lowest BCUT2D eigenvalue weighted by atomic mass is 10.3. The summed E-state index contributed by atoms with van der Waals surface area (Å²) < 4.78 is 4.03. The van der Waals surface area contributed by atoms with Crippen LogP contribution in [0.25, 0.3) is 10.2 Å². The molecule has 3 rings (SSSR count). The predicted molar refractivity (Wildman–Crippen MR) is 75.3 cm³/mol. The first kappa shape index (κ1) is 11.9. The number of nitrogens with two attached hydrogens (primary N) is 1. The highest BCUT2D eigenvalue weighted by Crippen LogP contribution is 2.19. The maximum atomic E-state index is 12.2. The first-order valence-corrected chi connectivity index (χ1v) is 6.75. The molecule has 3 aromatic rings. The fourth-order valence-electron chi connectivity index (χ4n) is 1.93. The van der Waals surface area contributed by atoms with Gasteiger partial charge in [-0.15, -0.1) is 11.3 Å². The molecule has 3 heterocycles. The minimum absolute atomic E-state index is 0.00299. The van der Waals surface area contributed by atoms with Crippen molar-refractivity contribution in [1.29, 1.82) is 0 Å². The van der Waals surface area contributed by atoms with Crippen molar-refractivity contribution < 1.29 is 0 Å². The zero-order valence-electron chi connectivity index (χ0n) is 10.4. The van der Waals surface area contributed by atoms with Gasteiger partial charge < -0.3 is 5.73 Å². The molecule has 7 heteroatoms. The Labute approximate surface area is 113 Å². The minimum atomic E-state index is 0.00299. The Kier molecular flexibility index (Phi) is 2.83. The summed E-state index contributed by atoms with van der Waals surface area (Å²) in [7, 11) is 0. The Morgan fingerprint density at radius 1 is 1.42 bits per heavy atom. The van der Waals surface area contributed by atoms with E-state index in [1.165, 1.54) is 11.3 Å². The topological polar surface area (TPSA) is 78.7 Å². The summed E-state index contributed by atoms with van der Waals surface area (Å²) in [4.78, 5) is 16.6. The summed E-state index contributed by atoms with van der Waals surface area (Å²) in [6.07, 6.45) is 3.39. The third kappa shape index (κ3) is 2.12. The molecule has 2 N–H and O–H groups in total. The highest BCUT2D eigenvalue weighted by atomic mass is 32.1. The smallest absolute Gasteiger partial charge is 0.271 e. The first-order valence-electron chi connectivity index (χ1n) is 5.87. The second kappa shape index (κ2) is 4.51. The molecule has 0 radical (unpaired) electrons. The quantitative estimate of drug-likeness (QED) is 0.780. The molecule has 98 valence electrons. The standard InChI is InChI=1S/C12H13N5OS/c1-8-6-19-11-10(8)14-7-16(12(11)18)4-5-17-3-2-9(13)15-17/h2-3,6-7H,4-5H2,1H3,(H2,13,15). The lowest BCUT2D eigenvalue weighted by Crippen LogP contribution is -2.22. The Morgan fingerprint density at radius 3 is 3.00 bits per heavy atom. The van der Waals surface area contributed by atoms with E-state index >= 15 is 0 Å². The zero-order valence-corrected chi connectivity index (χ0v) is 11.2. The van der Waals surface area contributed by atoms with Gasteiger partial charge in [0.15, 0.2) is 0 Å². The number of nitrogens with zero attached hydrogens (tertiary/aromatic N) is 4. The van der Waals surface area contributed by atoms with Gasteiger partial charge in [-0.25, -0.2) is 4.98 Å². The number of anilines is 1. The molecule has 0 aromatic carbocycles. The highest BCUT2D eigenvalue weighted by Gasteiger charge is 2.08. The molecule has 0 fully saturated rings. The number of rotatable bonds is 3. The van der Waals surface area contributed by atoms with E-state index in [0.717, 1.165) is 11.1 Å². The van der Waals surface area contributed by atoms with Crippen LogP contribution in [0, 0.1) is 6.92 Å². The normalized spacial score (nSPS) is 11.2. The Balaban J connectivity index is 1.89. The van der Waals surface area contributed by atoms with E-state index in [9.17, 15) is 4.79 Å². The third-order valence-electron chi connectivity index (χ3n) is 2.95. The van der Waals surface area contributed by atoms with Crippen LogP contribution in [0.2, 0.25) is 0 Å². The van der Waals surface area contributed by atoms with E-state index in [2.05, 4.69) is 10.1 Å². The Bertz CT molecular complexity index is 785. The highest BCUT2D eigenvalue weighted by molar-refractivity contribution is 7.17. The van der Waals surface area contributed by atoms with E-state index in [0.29, 0.717) is 23.6 Å². The van der Waals surface area contributed by atoms with E-state index in [-0.39, 0.29) is 5.56 Å². The van der Waals surface area contributed by atoms with Crippen molar-refractivity contribution in [3.8, 4) is 0 Å². The van der Waals surface area contributed by atoms with Crippen molar-refractivity contribution in [2.24, 2.45) is 0 Å². The SMILES string of the molecule is Cc1csc2c(=O)n(CCn3ccc(N)n3)cnc12. The van der Waals surface area contributed by atoms with Gasteiger partial charge in [0.25, 0.3) is 5.56 Å². The van der Waals surface area contributed by atoms with Crippen LogP contribution in [0.4, 0.5) is 5.82 Å². The van der Waals surface area contributed by atoms with Crippen LogP contribution >= 0.6 is 11.3 Å². The summed E-state index contributed by atoms with van der Waals surface area (Å²) >= 11 is 1.44. The molecule has 19 heavy (non-hydrogen) atoms. The number of nitrogen functional groups attached to an aromatic ring is 1. The van der Waals surface area contributed by atoms with Gasteiger partial charge in [0.1, 0.15) is 10.5 Å². The van der Waals surface area contributed by atoms with E-state index in [1.54, 1.807) is 27.8 Å². The molecule has 6 nitrogen and oxygen atoms in total. The average Bonchev–Trinajstić information content (AvgIpc) is 2.96. The van der Waals surface area contributed by atoms with Crippen LogP contribution in [0.15, 0.2) is 28.8 Å². The van der Waals surface area contributed by atoms with Gasteiger partial charge in [0, 0.05) is 12.7 Å². The van der Waals surface area contributed by atoms with Gasteiger partial charge in [-0.3, -0.25) is 14.0 Å². The lowest BCUT2D eigenvalue weighted by Gasteiger charge is -2.05. The molecule has 0 aliphatic carbocycles. The largest absolute Gasteiger partial charge is 0.382 e. The summed E-state index contributed by atoms with van der Waals surface area (Å²) in [5.41, 5.74) is 7.39. The maximum Gasteiger partial charge on any atom is 0.271 e. The van der Waals surface area contributed by atoms with Crippen LogP contribution in [0.3, 0.4) is 0 Å². The molecule has 0 amide bonds. The summed E-state index contributed by atoms with van der Waals surface area (Å²) in [5, 5.41) is 6.04. The molecule has 0 aliphatic heterocycles. The molecular weight excluding hydrogens is 262 g/mol. The van der Waals surface area contributed by atoms with Crippen LogP contribution < -0.4 is 11.3 Å². The fraction of sp³-hybridized carbons (Fsp3) is 0.250. The summed E-state index contributed by atoms with van der Waals surface area (Å²) in [5.74, 6) is 0.481. The van der Waals surface area contributed by atoms with Crippen molar-refractivity contribution in [2.75, 3.05) is 5.73 Å². The van der Waals surface area contributed by atoms with Gasteiger partial charge in [-0.2, -0.15) is 5.10 Å². The number of hydrogen-bond donors (Lipinski definition) is 1. The van der Waals surface area contributed by atoms with Crippen LogP contribution in [0.1, 0.15) is 5.56 Å². The van der Waals surface area contributed by atoms with Crippen molar-refractivity contribution in [3.63, 3.8) is 0 Å². The fourth-order valence-corrected chi connectivity index (χ4v) is 2.88. The molecule has 0 bridgehead atoms. The van der Waals surface area contributed by atoms with Crippen molar-refractivity contribution in [3.05, 3.63) is 39.9 Å².